The van der Waals surface area contributed by atoms with Crippen molar-refractivity contribution in [2.24, 2.45) is 7.05 Å². The van der Waals surface area contributed by atoms with Crippen molar-refractivity contribution < 1.29 is 4.42 Å². The summed E-state index contributed by atoms with van der Waals surface area (Å²) in [6, 6.07) is 2.33. The maximum atomic E-state index is 5.10. The van der Waals surface area contributed by atoms with E-state index in [1.807, 2.05) is 32.6 Å². The van der Waals surface area contributed by atoms with Crippen LogP contribution in [-0.4, -0.2) is 16.6 Å². The summed E-state index contributed by atoms with van der Waals surface area (Å²) in [5.41, 5.74) is 1.19. The van der Waals surface area contributed by atoms with Gasteiger partial charge in [-0.1, -0.05) is 0 Å². The van der Waals surface area contributed by atoms with Crippen LogP contribution in [0.2, 0.25) is 0 Å². The predicted molar refractivity (Wildman–Crippen MR) is 62.0 cm³/mol. The lowest BCUT2D eigenvalue weighted by Crippen LogP contribution is -2.17. The van der Waals surface area contributed by atoms with E-state index in [0.29, 0.717) is 6.04 Å². The smallest absolute Gasteiger partial charge is 0.108 e. The maximum Gasteiger partial charge on any atom is 0.108 e. The molecule has 0 amide bonds. The predicted octanol–water partition coefficient (Wildman–Crippen LogP) is 1.91. The number of aryl methyl sites for hydroxylation is 2. The number of nitrogens with one attached hydrogen (secondary N) is 1. The zero-order valence-electron chi connectivity index (χ0n) is 9.68. The van der Waals surface area contributed by atoms with Crippen molar-refractivity contribution in [1.82, 2.24) is 14.9 Å². The molecule has 0 saturated heterocycles. The summed E-state index contributed by atoms with van der Waals surface area (Å²) in [6.45, 7) is 0. The highest BCUT2D eigenvalue weighted by molar-refractivity contribution is 5.11. The quantitative estimate of drug-likeness (QED) is 0.835. The summed E-state index contributed by atoms with van der Waals surface area (Å²) in [4.78, 5) is 4.32. The van der Waals surface area contributed by atoms with Gasteiger partial charge in [0.05, 0.1) is 12.5 Å². The summed E-state index contributed by atoms with van der Waals surface area (Å²) in [5, 5.41) is 3.29. The van der Waals surface area contributed by atoms with Crippen molar-refractivity contribution in [3.05, 3.63) is 42.4 Å². The van der Waals surface area contributed by atoms with Gasteiger partial charge in [-0.2, -0.15) is 0 Å². The molecule has 16 heavy (non-hydrogen) atoms. The third-order valence-electron chi connectivity index (χ3n) is 2.87. The average molecular weight is 219 g/mol. The molecular formula is C12H17N3O. The Bertz CT molecular complexity index is 419. The number of aromatic nitrogens is 2. The fourth-order valence-electron chi connectivity index (χ4n) is 1.86. The molecule has 2 aromatic heterocycles. The van der Waals surface area contributed by atoms with Crippen LogP contribution < -0.4 is 5.32 Å². The van der Waals surface area contributed by atoms with Gasteiger partial charge in [0.1, 0.15) is 5.82 Å². The second-order valence-corrected chi connectivity index (χ2v) is 3.89. The van der Waals surface area contributed by atoms with Crippen LogP contribution in [0, 0.1) is 0 Å². The van der Waals surface area contributed by atoms with Crippen molar-refractivity contribution in [3.8, 4) is 0 Å². The van der Waals surface area contributed by atoms with Gasteiger partial charge in [0.25, 0.3) is 0 Å². The van der Waals surface area contributed by atoms with E-state index in [-0.39, 0.29) is 0 Å². The van der Waals surface area contributed by atoms with E-state index in [0.717, 1.165) is 18.7 Å². The van der Waals surface area contributed by atoms with Crippen LogP contribution in [0.15, 0.2) is 35.4 Å². The molecule has 0 aromatic carbocycles. The number of nitrogens with zero attached hydrogens (tertiary/aromatic N) is 2. The zero-order chi connectivity index (χ0) is 11.4. The van der Waals surface area contributed by atoms with E-state index >= 15 is 0 Å². The number of hydrogen-bond donors (Lipinski definition) is 1. The first-order chi connectivity index (χ1) is 7.81. The fraction of sp³-hybridized carbons (Fsp3) is 0.417. The molecule has 0 fully saturated rings. The fourth-order valence-corrected chi connectivity index (χ4v) is 1.86. The van der Waals surface area contributed by atoms with E-state index in [1.165, 1.54) is 5.56 Å². The topological polar surface area (TPSA) is 43.0 Å². The van der Waals surface area contributed by atoms with Gasteiger partial charge in [0.2, 0.25) is 0 Å². The molecule has 1 atom stereocenters. The third-order valence-corrected chi connectivity index (χ3v) is 2.87. The van der Waals surface area contributed by atoms with Crippen molar-refractivity contribution in [2.45, 2.75) is 18.9 Å². The molecule has 0 aliphatic heterocycles. The number of hydrogen-bond acceptors (Lipinski definition) is 3. The molecule has 2 rings (SSSR count). The van der Waals surface area contributed by atoms with Gasteiger partial charge >= 0.3 is 0 Å². The van der Waals surface area contributed by atoms with E-state index in [2.05, 4.69) is 14.9 Å². The second kappa shape index (κ2) is 4.99. The largest absolute Gasteiger partial charge is 0.472 e. The molecule has 0 radical (unpaired) electrons. The summed E-state index contributed by atoms with van der Waals surface area (Å²) >= 11 is 0. The molecule has 4 nitrogen and oxygen atoms in total. The molecular weight excluding hydrogens is 202 g/mol. The molecule has 2 aromatic rings. The third kappa shape index (κ3) is 2.33. The zero-order valence-corrected chi connectivity index (χ0v) is 9.68. The van der Waals surface area contributed by atoms with Gasteiger partial charge in [-0.3, -0.25) is 0 Å². The minimum Gasteiger partial charge on any atom is -0.472 e. The minimum absolute atomic E-state index is 0.329. The van der Waals surface area contributed by atoms with E-state index in [4.69, 9.17) is 4.42 Å². The Morgan fingerprint density at radius 3 is 3.00 bits per heavy atom. The first-order valence-electron chi connectivity index (χ1n) is 5.47. The van der Waals surface area contributed by atoms with Gasteiger partial charge in [0.15, 0.2) is 0 Å². The summed E-state index contributed by atoms with van der Waals surface area (Å²) < 4.78 is 7.15. The molecule has 0 aliphatic carbocycles. The Morgan fingerprint density at radius 2 is 2.44 bits per heavy atom. The highest BCUT2D eigenvalue weighted by Gasteiger charge is 2.11. The van der Waals surface area contributed by atoms with Crippen molar-refractivity contribution in [1.29, 1.82) is 0 Å². The van der Waals surface area contributed by atoms with Gasteiger partial charge < -0.3 is 14.3 Å². The molecule has 1 unspecified atom stereocenters. The molecule has 0 bridgehead atoms. The Morgan fingerprint density at radius 1 is 1.56 bits per heavy atom. The molecule has 0 spiro atoms. The first kappa shape index (κ1) is 11.0. The van der Waals surface area contributed by atoms with Crippen LogP contribution in [0.5, 0.6) is 0 Å². The summed E-state index contributed by atoms with van der Waals surface area (Å²) in [7, 11) is 3.99. The highest BCUT2D eigenvalue weighted by Crippen LogP contribution is 2.18. The molecule has 0 aliphatic rings. The molecule has 86 valence electrons. The SMILES string of the molecule is CNC(CCc1nccn1C)c1ccoc1. The Labute approximate surface area is 95.3 Å². The van der Waals surface area contributed by atoms with Crippen molar-refractivity contribution in [2.75, 3.05) is 7.05 Å². The number of rotatable bonds is 5. The standard InChI is InChI=1S/C12H17N3O/c1-13-11(10-5-8-16-9-10)3-4-12-14-6-7-15(12)2/h5-9,11,13H,3-4H2,1-2H3. The van der Waals surface area contributed by atoms with Crippen LogP contribution in [0.4, 0.5) is 0 Å². The Balaban J connectivity index is 1.96. The van der Waals surface area contributed by atoms with Crippen LogP contribution >= 0.6 is 0 Å². The lowest BCUT2D eigenvalue weighted by molar-refractivity contribution is 0.516. The van der Waals surface area contributed by atoms with Gasteiger partial charge in [-0.05, 0) is 19.5 Å². The van der Waals surface area contributed by atoms with Crippen LogP contribution in [0.25, 0.3) is 0 Å². The molecule has 2 heterocycles. The van der Waals surface area contributed by atoms with Crippen LogP contribution in [0.1, 0.15) is 23.9 Å². The average Bonchev–Trinajstić information content (AvgIpc) is 2.92. The summed E-state index contributed by atoms with van der Waals surface area (Å²) in [6.07, 6.45) is 9.28. The monoisotopic (exact) mass is 219 g/mol. The molecule has 0 saturated carbocycles. The first-order valence-corrected chi connectivity index (χ1v) is 5.47. The minimum atomic E-state index is 0.329. The lowest BCUT2D eigenvalue weighted by atomic mass is 10.1. The van der Waals surface area contributed by atoms with Crippen LogP contribution in [-0.2, 0) is 13.5 Å². The van der Waals surface area contributed by atoms with E-state index in [9.17, 15) is 0 Å². The molecule has 1 N–H and O–H groups in total. The van der Waals surface area contributed by atoms with Gasteiger partial charge in [-0.25, -0.2) is 4.98 Å². The summed E-state index contributed by atoms with van der Waals surface area (Å²) in [5.74, 6) is 1.11. The van der Waals surface area contributed by atoms with E-state index in [1.54, 1.807) is 12.5 Å². The van der Waals surface area contributed by atoms with Crippen molar-refractivity contribution in [3.63, 3.8) is 0 Å². The van der Waals surface area contributed by atoms with Gasteiger partial charge in [-0.15, -0.1) is 0 Å². The lowest BCUT2D eigenvalue weighted by Gasteiger charge is -2.13. The normalized spacial score (nSPS) is 12.9. The number of imidazole rings is 1. The molecule has 4 heteroatoms. The maximum absolute atomic E-state index is 5.10. The Hall–Kier alpha value is -1.55. The van der Waals surface area contributed by atoms with Gasteiger partial charge in [0, 0.05) is 37.5 Å². The van der Waals surface area contributed by atoms with Crippen molar-refractivity contribution >= 4 is 0 Å². The Kier molecular flexibility index (Phi) is 3.41. The second-order valence-electron chi connectivity index (χ2n) is 3.89. The highest BCUT2D eigenvalue weighted by atomic mass is 16.3. The van der Waals surface area contributed by atoms with E-state index < -0.39 is 0 Å². The number of furan rings is 1. The van der Waals surface area contributed by atoms with Crippen LogP contribution in [0.3, 0.4) is 0 Å².